The molecule has 1 unspecified atom stereocenters. The third-order valence-corrected chi connectivity index (χ3v) is 4.05. The number of benzene rings is 2. The molecule has 24 heavy (non-hydrogen) atoms. The SMILES string of the molecule is CC(=O)NC(CC(=O)NCc1ccc(Cl)cc1Cl)c1ccccc1. The Morgan fingerprint density at radius 3 is 2.42 bits per heavy atom. The number of amides is 2. The van der Waals surface area contributed by atoms with Crippen LogP contribution in [0.5, 0.6) is 0 Å². The fraction of sp³-hybridized carbons (Fsp3) is 0.222. The monoisotopic (exact) mass is 364 g/mol. The molecular formula is C18H18Cl2N2O2. The highest BCUT2D eigenvalue weighted by Crippen LogP contribution is 2.21. The van der Waals surface area contributed by atoms with E-state index in [9.17, 15) is 9.59 Å². The lowest BCUT2D eigenvalue weighted by molar-refractivity contribution is -0.122. The molecule has 0 heterocycles. The molecule has 0 aliphatic heterocycles. The minimum atomic E-state index is -0.371. The van der Waals surface area contributed by atoms with E-state index in [1.54, 1.807) is 18.2 Å². The summed E-state index contributed by atoms with van der Waals surface area (Å²) in [4.78, 5) is 23.6. The number of carbonyl (C=O) groups excluding carboxylic acids is 2. The molecule has 4 nitrogen and oxygen atoms in total. The second-order valence-electron chi connectivity index (χ2n) is 5.38. The van der Waals surface area contributed by atoms with Crippen LogP contribution in [0.15, 0.2) is 48.5 Å². The van der Waals surface area contributed by atoms with Crippen LogP contribution in [0.3, 0.4) is 0 Å². The van der Waals surface area contributed by atoms with Gasteiger partial charge in [0.15, 0.2) is 0 Å². The predicted molar refractivity (Wildman–Crippen MR) is 95.9 cm³/mol. The molecule has 2 aromatic carbocycles. The highest BCUT2D eigenvalue weighted by atomic mass is 35.5. The van der Waals surface area contributed by atoms with Crippen LogP contribution in [0.1, 0.15) is 30.5 Å². The van der Waals surface area contributed by atoms with Gasteiger partial charge in [0.2, 0.25) is 11.8 Å². The van der Waals surface area contributed by atoms with Crippen LogP contribution in [-0.2, 0) is 16.1 Å². The van der Waals surface area contributed by atoms with Gasteiger partial charge in [-0.15, -0.1) is 0 Å². The average Bonchev–Trinajstić information content (AvgIpc) is 2.54. The molecule has 0 saturated heterocycles. The minimum Gasteiger partial charge on any atom is -0.352 e. The first-order chi connectivity index (χ1) is 11.5. The van der Waals surface area contributed by atoms with Crippen LogP contribution >= 0.6 is 23.2 Å². The van der Waals surface area contributed by atoms with Gasteiger partial charge in [0.05, 0.1) is 12.5 Å². The fourth-order valence-electron chi connectivity index (χ4n) is 2.30. The van der Waals surface area contributed by atoms with Crippen LogP contribution in [0.25, 0.3) is 0 Å². The zero-order valence-corrected chi connectivity index (χ0v) is 14.7. The van der Waals surface area contributed by atoms with E-state index < -0.39 is 0 Å². The van der Waals surface area contributed by atoms with Crippen molar-refractivity contribution in [2.75, 3.05) is 0 Å². The molecule has 0 spiro atoms. The van der Waals surface area contributed by atoms with Gasteiger partial charge < -0.3 is 10.6 Å². The van der Waals surface area contributed by atoms with E-state index in [1.807, 2.05) is 30.3 Å². The first kappa shape index (κ1) is 18.3. The van der Waals surface area contributed by atoms with Crippen LogP contribution in [-0.4, -0.2) is 11.8 Å². The third-order valence-electron chi connectivity index (χ3n) is 3.46. The lowest BCUT2D eigenvalue weighted by atomic mass is 10.0. The summed E-state index contributed by atoms with van der Waals surface area (Å²) in [6.45, 7) is 1.73. The molecule has 126 valence electrons. The Balaban J connectivity index is 1.98. The van der Waals surface area contributed by atoms with Crippen molar-refractivity contribution >= 4 is 35.0 Å². The van der Waals surface area contributed by atoms with Gasteiger partial charge in [0.1, 0.15) is 0 Å². The van der Waals surface area contributed by atoms with Gasteiger partial charge >= 0.3 is 0 Å². The minimum absolute atomic E-state index is 0.148. The summed E-state index contributed by atoms with van der Waals surface area (Å²) in [7, 11) is 0. The standard InChI is InChI=1S/C18H18Cl2N2O2/c1-12(23)22-17(13-5-3-2-4-6-13)10-18(24)21-11-14-7-8-15(19)9-16(14)20/h2-9,17H,10-11H2,1H3,(H,21,24)(H,22,23). The second-order valence-corrected chi connectivity index (χ2v) is 6.22. The first-order valence-corrected chi connectivity index (χ1v) is 8.24. The van der Waals surface area contributed by atoms with Crippen molar-refractivity contribution in [3.63, 3.8) is 0 Å². The summed E-state index contributed by atoms with van der Waals surface area (Å²) >= 11 is 11.9. The van der Waals surface area contributed by atoms with Crippen molar-refractivity contribution in [3.8, 4) is 0 Å². The van der Waals surface area contributed by atoms with Crippen molar-refractivity contribution < 1.29 is 9.59 Å². The van der Waals surface area contributed by atoms with Crippen molar-refractivity contribution in [1.29, 1.82) is 0 Å². The number of hydrogen-bond acceptors (Lipinski definition) is 2. The summed E-state index contributed by atoms with van der Waals surface area (Å²) in [6.07, 6.45) is 0.148. The molecular weight excluding hydrogens is 347 g/mol. The second kappa shape index (κ2) is 8.71. The number of halogens is 2. The van der Waals surface area contributed by atoms with Gasteiger partial charge in [-0.1, -0.05) is 59.6 Å². The van der Waals surface area contributed by atoms with E-state index in [0.29, 0.717) is 16.6 Å². The lowest BCUT2D eigenvalue weighted by Crippen LogP contribution is -2.32. The Labute approximate surface area is 151 Å². The predicted octanol–water partition coefficient (Wildman–Crippen LogP) is 3.88. The Hall–Kier alpha value is -2.04. The van der Waals surface area contributed by atoms with E-state index >= 15 is 0 Å². The van der Waals surface area contributed by atoms with E-state index in [-0.39, 0.29) is 24.3 Å². The van der Waals surface area contributed by atoms with Crippen molar-refractivity contribution in [1.82, 2.24) is 10.6 Å². The van der Waals surface area contributed by atoms with Crippen LogP contribution in [0.2, 0.25) is 10.0 Å². The van der Waals surface area contributed by atoms with Gasteiger partial charge in [-0.05, 0) is 23.3 Å². The number of nitrogens with one attached hydrogen (secondary N) is 2. The summed E-state index contributed by atoms with van der Waals surface area (Å²) in [5.74, 6) is -0.360. The van der Waals surface area contributed by atoms with Crippen molar-refractivity contribution in [3.05, 3.63) is 69.7 Å². The Morgan fingerprint density at radius 2 is 1.79 bits per heavy atom. The number of hydrogen-bond donors (Lipinski definition) is 2. The molecule has 6 heteroatoms. The van der Waals surface area contributed by atoms with Gasteiger partial charge in [0.25, 0.3) is 0 Å². The quantitative estimate of drug-likeness (QED) is 0.816. The summed E-state index contributed by atoms with van der Waals surface area (Å²) in [6, 6.07) is 14.1. The highest BCUT2D eigenvalue weighted by Gasteiger charge is 2.17. The smallest absolute Gasteiger partial charge is 0.222 e. The molecule has 2 N–H and O–H groups in total. The molecule has 0 fully saturated rings. The zero-order chi connectivity index (χ0) is 17.5. The van der Waals surface area contributed by atoms with Gasteiger partial charge in [-0.3, -0.25) is 9.59 Å². The van der Waals surface area contributed by atoms with E-state index in [4.69, 9.17) is 23.2 Å². The molecule has 0 aliphatic carbocycles. The van der Waals surface area contributed by atoms with Crippen molar-refractivity contribution in [2.24, 2.45) is 0 Å². The maximum Gasteiger partial charge on any atom is 0.222 e. The van der Waals surface area contributed by atoms with Gasteiger partial charge in [-0.25, -0.2) is 0 Å². The molecule has 2 aromatic rings. The van der Waals surface area contributed by atoms with E-state index in [2.05, 4.69) is 10.6 Å². The third kappa shape index (κ3) is 5.55. The Kier molecular flexibility index (Phi) is 6.64. The molecule has 2 rings (SSSR count). The van der Waals surface area contributed by atoms with Gasteiger partial charge in [0, 0.05) is 23.5 Å². The summed E-state index contributed by atoms with van der Waals surface area (Å²) < 4.78 is 0. The lowest BCUT2D eigenvalue weighted by Gasteiger charge is -2.18. The summed E-state index contributed by atoms with van der Waals surface area (Å²) in [5, 5.41) is 6.67. The normalized spacial score (nSPS) is 11.6. The maximum absolute atomic E-state index is 12.2. The van der Waals surface area contributed by atoms with E-state index in [1.165, 1.54) is 6.92 Å². The van der Waals surface area contributed by atoms with Gasteiger partial charge in [-0.2, -0.15) is 0 Å². The number of rotatable bonds is 6. The average molecular weight is 365 g/mol. The van der Waals surface area contributed by atoms with Crippen molar-refractivity contribution in [2.45, 2.75) is 25.9 Å². The molecule has 1 atom stereocenters. The maximum atomic E-state index is 12.2. The Morgan fingerprint density at radius 1 is 1.08 bits per heavy atom. The first-order valence-electron chi connectivity index (χ1n) is 7.48. The molecule has 0 aliphatic rings. The molecule has 0 bridgehead atoms. The van der Waals surface area contributed by atoms with Crippen LogP contribution in [0.4, 0.5) is 0 Å². The fourth-order valence-corrected chi connectivity index (χ4v) is 2.77. The molecule has 0 aromatic heterocycles. The highest BCUT2D eigenvalue weighted by molar-refractivity contribution is 6.35. The topological polar surface area (TPSA) is 58.2 Å². The summed E-state index contributed by atoms with van der Waals surface area (Å²) in [5.41, 5.74) is 1.66. The van der Waals surface area contributed by atoms with Crippen LogP contribution < -0.4 is 10.6 Å². The Bertz CT molecular complexity index is 720. The molecule has 0 saturated carbocycles. The molecule has 0 radical (unpaired) electrons. The largest absolute Gasteiger partial charge is 0.352 e. The van der Waals surface area contributed by atoms with E-state index in [0.717, 1.165) is 11.1 Å². The molecule has 2 amide bonds. The number of carbonyl (C=O) groups is 2. The van der Waals surface area contributed by atoms with Crippen LogP contribution in [0, 0.1) is 0 Å². The zero-order valence-electron chi connectivity index (χ0n) is 13.2.